The average Bonchev–Trinajstić information content (AvgIpc) is 2.79. The molecular weight excluding hydrogens is 404 g/mol. The fourth-order valence-corrected chi connectivity index (χ4v) is 4.74. The van der Waals surface area contributed by atoms with Crippen molar-refractivity contribution in [2.75, 3.05) is 23.3 Å². The maximum atomic E-state index is 13.3. The molecule has 0 unspecified atom stereocenters. The average molecular weight is 424 g/mol. The maximum absolute atomic E-state index is 13.3. The number of amides is 1. The number of rotatable bonds is 5. The van der Waals surface area contributed by atoms with E-state index in [-0.39, 0.29) is 11.4 Å². The molecule has 1 aliphatic rings. The summed E-state index contributed by atoms with van der Waals surface area (Å²) in [5.74, 6) is 0.349. The van der Waals surface area contributed by atoms with E-state index < -0.39 is 22.0 Å². The number of nitrogens with one attached hydrogen (secondary N) is 1. The molecule has 0 spiro atoms. The first kappa shape index (κ1) is 19.8. The number of methoxy groups -OCH3 is 1. The molecule has 154 valence electrons. The molecule has 1 N–H and O–H groups in total. The standard InChI is InChI=1S/C22H20N2O5S/c1-28-19-13-7-5-11-17(19)23-22(25)21-15-24(18-12-6-8-14-20(18)29-21)30(26,27)16-9-3-2-4-10-16/h2-14,21H,15H2,1H3,(H,23,25)/t21-/m0/s1. The fraction of sp³-hybridized carbons (Fsp3) is 0.136. The van der Waals surface area contributed by atoms with E-state index in [0.717, 1.165) is 0 Å². The highest BCUT2D eigenvalue weighted by Gasteiger charge is 2.37. The van der Waals surface area contributed by atoms with Gasteiger partial charge >= 0.3 is 0 Å². The Balaban J connectivity index is 1.67. The Labute approximate surface area is 174 Å². The lowest BCUT2D eigenvalue weighted by atomic mass is 10.2. The molecule has 4 rings (SSSR count). The minimum absolute atomic E-state index is 0.144. The Morgan fingerprint density at radius 3 is 2.43 bits per heavy atom. The summed E-state index contributed by atoms with van der Waals surface area (Å²) in [4.78, 5) is 13.1. The third-order valence-corrected chi connectivity index (χ3v) is 6.52. The number of sulfonamides is 1. The summed E-state index contributed by atoms with van der Waals surface area (Å²) in [6.07, 6.45) is -1.04. The quantitative estimate of drug-likeness (QED) is 0.679. The highest BCUT2D eigenvalue weighted by atomic mass is 32.2. The Morgan fingerprint density at radius 1 is 1.00 bits per heavy atom. The Kier molecular flexibility index (Phi) is 5.33. The second-order valence-electron chi connectivity index (χ2n) is 6.61. The number of benzene rings is 3. The number of para-hydroxylation sites is 4. The van der Waals surface area contributed by atoms with Crippen molar-refractivity contribution in [2.45, 2.75) is 11.0 Å². The minimum atomic E-state index is -3.88. The SMILES string of the molecule is COc1ccccc1NC(=O)[C@@H]1CN(S(=O)(=O)c2ccccc2)c2ccccc2O1. The lowest BCUT2D eigenvalue weighted by Crippen LogP contribution is -2.48. The molecule has 0 aliphatic carbocycles. The first-order valence-corrected chi connectivity index (χ1v) is 10.7. The number of hydrogen-bond acceptors (Lipinski definition) is 5. The number of carbonyl (C=O) groups excluding carboxylic acids is 1. The van der Waals surface area contributed by atoms with Gasteiger partial charge in [-0.3, -0.25) is 9.10 Å². The molecule has 30 heavy (non-hydrogen) atoms. The van der Waals surface area contributed by atoms with Gasteiger partial charge in [0, 0.05) is 0 Å². The first-order chi connectivity index (χ1) is 14.5. The van der Waals surface area contributed by atoms with Gasteiger partial charge in [0.1, 0.15) is 11.5 Å². The van der Waals surface area contributed by atoms with Gasteiger partial charge in [-0.25, -0.2) is 8.42 Å². The van der Waals surface area contributed by atoms with E-state index >= 15 is 0 Å². The van der Waals surface area contributed by atoms with Crippen LogP contribution in [0.15, 0.2) is 83.8 Å². The third-order valence-electron chi connectivity index (χ3n) is 4.72. The van der Waals surface area contributed by atoms with Crippen molar-refractivity contribution in [3.8, 4) is 11.5 Å². The highest BCUT2D eigenvalue weighted by molar-refractivity contribution is 7.92. The first-order valence-electron chi connectivity index (χ1n) is 9.28. The highest BCUT2D eigenvalue weighted by Crippen LogP contribution is 2.37. The van der Waals surface area contributed by atoms with Crippen molar-refractivity contribution in [1.82, 2.24) is 0 Å². The summed E-state index contributed by atoms with van der Waals surface area (Å²) in [7, 11) is -2.37. The van der Waals surface area contributed by atoms with Crippen molar-refractivity contribution in [3.63, 3.8) is 0 Å². The van der Waals surface area contributed by atoms with Crippen LogP contribution in [-0.2, 0) is 14.8 Å². The van der Waals surface area contributed by atoms with Gasteiger partial charge in [-0.15, -0.1) is 0 Å². The molecule has 0 saturated carbocycles. The molecular formula is C22H20N2O5S. The van der Waals surface area contributed by atoms with Crippen LogP contribution >= 0.6 is 0 Å². The second kappa shape index (κ2) is 8.08. The monoisotopic (exact) mass is 424 g/mol. The summed E-state index contributed by atoms with van der Waals surface area (Å²) in [5, 5.41) is 2.76. The largest absolute Gasteiger partial charge is 0.495 e. The van der Waals surface area contributed by atoms with Crippen LogP contribution in [0.5, 0.6) is 11.5 Å². The molecule has 8 heteroatoms. The number of ether oxygens (including phenoxy) is 2. The lowest BCUT2D eigenvalue weighted by Gasteiger charge is -2.34. The molecule has 1 atom stereocenters. The molecule has 1 amide bonds. The zero-order valence-corrected chi connectivity index (χ0v) is 17.0. The van der Waals surface area contributed by atoms with Crippen molar-refractivity contribution >= 4 is 27.3 Å². The smallest absolute Gasteiger partial charge is 0.267 e. The topological polar surface area (TPSA) is 84.9 Å². The molecule has 1 aliphatic heterocycles. The zero-order valence-electron chi connectivity index (χ0n) is 16.2. The van der Waals surface area contributed by atoms with Gasteiger partial charge in [0.05, 0.1) is 29.9 Å². The second-order valence-corrected chi connectivity index (χ2v) is 8.48. The van der Waals surface area contributed by atoms with Gasteiger partial charge in [-0.2, -0.15) is 0 Å². The fourth-order valence-electron chi connectivity index (χ4n) is 3.25. The molecule has 1 heterocycles. The molecule has 0 bridgehead atoms. The van der Waals surface area contributed by atoms with Gasteiger partial charge < -0.3 is 14.8 Å². The summed E-state index contributed by atoms with van der Waals surface area (Å²) in [5.41, 5.74) is 0.868. The molecule has 0 radical (unpaired) electrons. The van der Waals surface area contributed by atoms with E-state index in [0.29, 0.717) is 22.9 Å². The Bertz CT molecular complexity index is 1160. The summed E-state index contributed by atoms with van der Waals surface area (Å²) >= 11 is 0. The van der Waals surface area contributed by atoms with E-state index in [9.17, 15) is 13.2 Å². The number of fused-ring (bicyclic) bond motifs is 1. The number of hydrogen-bond donors (Lipinski definition) is 1. The van der Waals surface area contributed by atoms with Crippen molar-refractivity contribution in [1.29, 1.82) is 0 Å². The molecule has 7 nitrogen and oxygen atoms in total. The van der Waals surface area contributed by atoms with Gasteiger partial charge in [-0.1, -0.05) is 42.5 Å². The van der Waals surface area contributed by atoms with E-state index in [1.165, 1.54) is 23.5 Å². The molecule has 0 saturated heterocycles. The number of carbonyl (C=O) groups is 1. The Hall–Kier alpha value is -3.52. The number of anilines is 2. The summed E-state index contributed by atoms with van der Waals surface area (Å²) in [6.45, 7) is -0.158. The summed E-state index contributed by atoms with van der Waals surface area (Å²) in [6, 6.07) is 21.8. The van der Waals surface area contributed by atoms with Crippen LogP contribution in [0.4, 0.5) is 11.4 Å². The van der Waals surface area contributed by atoms with Gasteiger partial charge in [0.15, 0.2) is 6.10 Å². The normalized spacial score (nSPS) is 15.6. The third kappa shape index (κ3) is 3.69. The van der Waals surface area contributed by atoms with Crippen molar-refractivity contribution < 1.29 is 22.7 Å². The van der Waals surface area contributed by atoms with Crippen LogP contribution in [0, 0.1) is 0 Å². The van der Waals surface area contributed by atoms with E-state index in [1.807, 2.05) is 0 Å². The molecule has 0 aromatic heterocycles. The minimum Gasteiger partial charge on any atom is -0.495 e. The van der Waals surface area contributed by atoms with Crippen molar-refractivity contribution in [2.24, 2.45) is 0 Å². The van der Waals surface area contributed by atoms with Crippen LogP contribution in [0.3, 0.4) is 0 Å². The van der Waals surface area contributed by atoms with Crippen molar-refractivity contribution in [3.05, 3.63) is 78.9 Å². The predicted octanol–water partition coefficient (Wildman–Crippen LogP) is 3.29. The predicted molar refractivity (Wildman–Crippen MR) is 113 cm³/mol. The van der Waals surface area contributed by atoms with Gasteiger partial charge in [0.25, 0.3) is 15.9 Å². The van der Waals surface area contributed by atoms with E-state index in [4.69, 9.17) is 9.47 Å². The van der Waals surface area contributed by atoms with Crippen LogP contribution in [-0.4, -0.2) is 34.1 Å². The summed E-state index contributed by atoms with van der Waals surface area (Å²) < 4.78 is 38.9. The van der Waals surface area contributed by atoms with Gasteiger partial charge in [0.2, 0.25) is 0 Å². The van der Waals surface area contributed by atoms with E-state index in [2.05, 4.69) is 5.32 Å². The van der Waals surface area contributed by atoms with Crippen LogP contribution in [0.1, 0.15) is 0 Å². The van der Waals surface area contributed by atoms with Crippen LogP contribution in [0.25, 0.3) is 0 Å². The van der Waals surface area contributed by atoms with E-state index in [1.54, 1.807) is 66.7 Å². The lowest BCUT2D eigenvalue weighted by molar-refractivity contribution is -0.122. The maximum Gasteiger partial charge on any atom is 0.267 e. The Morgan fingerprint density at radius 2 is 1.67 bits per heavy atom. The zero-order chi connectivity index (χ0) is 21.1. The van der Waals surface area contributed by atoms with Gasteiger partial charge in [-0.05, 0) is 36.4 Å². The van der Waals surface area contributed by atoms with Crippen LogP contribution < -0.4 is 19.1 Å². The molecule has 3 aromatic rings. The van der Waals surface area contributed by atoms with Crippen LogP contribution in [0.2, 0.25) is 0 Å². The molecule has 0 fully saturated rings. The molecule has 3 aromatic carbocycles. The number of nitrogens with zero attached hydrogens (tertiary/aromatic N) is 1.